The zero-order chi connectivity index (χ0) is 13.0. The zero-order valence-electron chi connectivity index (χ0n) is 11.0. The summed E-state index contributed by atoms with van der Waals surface area (Å²) in [7, 11) is 2.20. The fraction of sp³-hybridized carbons (Fsp3) is 0.571. The van der Waals surface area contributed by atoms with Gasteiger partial charge >= 0.3 is 0 Å². The van der Waals surface area contributed by atoms with Crippen molar-refractivity contribution < 1.29 is 0 Å². The largest absolute Gasteiger partial charge is 0.371 e. The summed E-state index contributed by atoms with van der Waals surface area (Å²) in [5, 5.41) is 0. The van der Waals surface area contributed by atoms with E-state index < -0.39 is 0 Å². The van der Waals surface area contributed by atoms with Gasteiger partial charge in [-0.25, -0.2) is 0 Å². The molecule has 0 bridgehead atoms. The molecular formula is C14H22BrN3. The third-order valence-electron chi connectivity index (χ3n) is 3.77. The Morgan fingerprint density at radius 2 is 2.11 bits per heavy atom. The predicted molar refractivity (Wildman–Crippen MR) is 81.1 cm³/mol. The molecule has 1 heterocycles. The molecule has 0 unspecified atom stereocenters. The number of nitrogens with zero attached hydrogens (tertiary/aromatic N) is 2. The van der Waals surface area contributed by atoms with Gasteiger partial charge in [-0.05, 0) is 31.0 Å². The maximum Gasteiger partial charge on any atom is 0.0377 e. The highest BCUT2D eigenvalue weighted by atomic mass is 79.9. The Bertz CT molecular complexity index is 375. The van der Waals surface area contributed by atoms with Crippen LogP contribution in [-0.4, -0.2) is 44.2 Å². The monoisotopic (exact) mass is 311 g/mol. The summed E-state index contributed by atoms with van der Waals surface area (Å²) >= 11 is 3.54. The Balaban J connectivity index is 1.93. The Hall–Kier alpha value is -0.580. The highest BCUT2D eigenvalue weighted by molar-refractivity contribution is 9.10. The van der Waals surface area contributed by atoms with Crippen molar-refractivity contribution in [3.8, 4) is 0 Å². The van der Waals surface area contributed by atoms with Gasteiger partial charge in [0, 0.05) is 49.4 Å². The van der Waals surface area contributed by atoms with Gasteiger partial charge in [0.1, 0.15) is 0 Å². The molecule has 1 aliphatic rings. The van der Waals surface area contributed by atoms with Gasteiger partial charge in [-0.3, -0.25) is 0 Å². The van der Waals surface area contributed by atoms with Crippen LogP contribution >= 0.6 is 15.9 Å². The van der Waals surface area contributed by atoms with Crippen molar-refractivity contribution in [3.05, 3.63) is 28.7 Å². The third kappa shape index (κ3) is 3.46. The number of hydrogen-bond donors (Lipinski definition) is 1. The molecule has 0 radical (unpaired) electrons. The second-order valence-electron chi connectivity index (χ2n) is 4.95. The minimum Gasteiger partial charge on any atom is -0.371 e. The van der Waals surface area contributed by atoms with E-state index in [0.29, 0.717) is 6.04 Å². The molecule has 1 aromatic carbocycles. The van der Waals surface area contributed by atoms with E-state index in [9.17, 15) is 0 Å². The summed E-state index contributed by atoms with van der Waals surface area (Å²) in [6.07, 6.45) is 2.45. The first kappa shape index (κ1) is 13.8. The highest BCUT2D eigenvalue weighted by Gasteiger charge is 2.22. The van der Waals surface area contributed by atoms with Crippen LogP contribution in [-0.2, 0) is 0 Å². The lowest BCUT2D eigenvalue weighted by Crippen LogP contribution is -2.44. The molecule has 2 N–H and O–H groups in total. The van der Waals surface area contributed by atoms with Crippen LogP contribution in [0.25, 0.3) is 0 Å². The normalized spacial score (nSPS) is 17.9. The summed E-state index contributed by atoms with van der Waals surface area (Å²) in [6.45, 7) is 4.14. The Labute approximate surface area is 118 Å². The molecule has 18 heavy (non-hydrogen) atoms. The van der Waals surface area contributed by atoms with Gasteiger partial charge in [-0.15, -0.1) is 0 Å². The van der Waals surface area contributed by atoms with Gasteiger partial charge in [0.2, 0.25) is 0 Å². The summed E-state index contributed by atoms with van der Waals surface area (Å²) < 4.78 is 1.15. The first-order valence-electron chi connectivity index (χ1n) is 6.61. The number of rotatable bonds is 4. The Kier molecular flexibility index (Phi) is 5.03. The van der Waals surface area contributed by atoms with E-state index in [1.54, 1.807) is 0 Å². The third-order valence-corrected chi connectivity index (χ3v) is 4.26. The van der Waals surface area contributed by atoms with Crippen molar-refractivity contribution >= 4 is 21.6 Å². The molecule has 0 atom stereocenters. The van der Waals surface area contributed by atoms with Crippen molar-refractivity contribution in [3.63, 3.8) is 0 Å². The quantitative estimate of drug-likeness (QED) is 0.926. The van der Waals surface area contributed by atoms with Crippen molar-refractivity contribution in [2.75, 3.05) is 38.1 Å². The first-order chi connectivity index (χ1) is 8.70. The van der Waals surface area contributed by atoms with Crippen LogP contribution in [0.3, 0.4) is 0 Å². The van der Waals surface area contributed by atoms with Crippen LogP contribution in [0.15, 0.2) is 28.7 Å². The summed E-state index contributed by atoms with van der Waals surface area (Å²) in [5.41, 5.74) is 6.90. The molecule has 0 spiro atoms. The molecule has 1 aliphatic heterocycles. The van der Waals surface area contributed by atoms with Gasteiger partial charge in [0.15, 0.2) is 0 Å². The molecule has 0 amide bonds. The number of piperidine rings is 1. The Morgan fingerprint density at radius 1 is 1.39 bits per heavy atom. The van der Waals surface area contributed by atoms with Crippen LogP contribution in [0.2, 0.25) is 0 Å². The van der Waals surface area contributed by atoms with Crippen molar-refractivity contribution in [1.29, 1.82) is 0 Å². The molecule has 0 saturated carbocycles. The smallest absolute Gasteiger partial charge is 0.0377 e. The van der Waals surface area contributed by atoms with Crippen LogP contribution < -0.4 is 10.6 Å². The average Bonchev–Trinajstić information content (AvgIpc) is 2.39. The zero-order valence-corrected chi connectivity index (χ0v) is 12.6. The van der Waals surface area contributed by atoms with Crippen LogP contribution in [0.4, 0.5) is 5.69 Å². The van der Waals surface area contributed by atoms with E-state index in [0.717, 1.165) is 17.6 Å². The number of hydrogen-bond acceptors (Lipinski definition) is 3. The SMILES string of the molecule is CN(c1cccc(Br)c1)C1CCN(CCN)CC1. The predicted octanol–water partition coefficient (Wildman–Crippen LogP) is 2.31. The molecular weight excluding hydrogens is 290 g/mol. The van der Waals surface area contributed by atoms with E-state index in [1.165, 1.54) is 31.6 Å². The molecule has 1 saturated heterocycles. The Morgan fingerprint density at radius 3 is 2.72 bits per heavy atom. The maximum atomic E-state index is 5.60. The fourth-order valence-corrected chi connectivity index (χ4v) is 3.01. The van der Waals surface area contributed by atoms with E-state index >= 15 is 0 Å². The number of benzene rings is 1. The van der Waals surface area contributed by atoms with E-state index in [4.69, 9.17) is 5.73 Å². The van der Waals surface area contributed by atoms with Gasteiger partial charge in [-0.2, -0.15) is 0 Å². The minimum atomic E-state index is 0.647. The fourth-order valence-electron chi connectivity index (χ4n) is 2.62. The number of nitrogens with two attached hydrogens (primary N) is 1. The van der Waals surface area contributed by atoms with Gasteiger partial charge in [0.25, 0.3) is 0 Å². The highest BCUT2D eigenvalue weighted by Crippen LogP contribution is 2.24. The molecule has 4 heteroatoms. The van der Waals surface area contributed by atoms with Crippen LogP contribution in [0, 0.1) is 0 Å². The van der Waals surface area contributed by atoms with Crippen molar-refractivity contribution in [1.82, 2.24) is 4.90 Å². The lowest BCUT2D eigenvalue weighted by molar-refractivity contribution is 0.216. The van der Waals surface area contributed by atoms with Crippen LogP contribution in [0.1, 0.15) is 12.8 Å². The summed E-state index contributed by atoms with van der Waals surface area (Å²) in [4.78, 5) is 4.87. The molecule has 0 aromatic heterocycles. The van der Waals surface area contributed by atoms with Crippen molar-refractivity contribution in [2.24, 2.45) is 5.73 Å². The number of halogens is 1. The van der Waals surface area contributed by atoms with E-state index in [-0.39, 0.29) is 0 Å². The summed E-state index contributed by atoms with van der Waals surface area (Å²) in [6, 6.07) is 9.18. The van der Waals surface area contributed by atoms with Gasteiger partial charge in [-0.1, -0.05) is 22.0 Å². The molecule has 1 fully saturated rings. The van der Waals surface area contributed by atoms with Gasteiger partial charge < -0.3 is 15.5 Å². The van der Waals surface area contributed by atoms with E-state index in [2.05, 4.69) is 57.0 Å². The topological polar surface area (TPSA) is 32.5 Å². The average molecular weight is 312 g/mol. The van der Waals surface area contributed by atoms with Crippen LogP contribution in [0.5, 0.6) is 0 Å². The molecule has 3 nitrogen and oxygen atoms in total. The van der Waals surface area contributed by atoms with Crippen molar-refractivity contribution in [2.45, 2.75) is 18.9 Å². The standard InChI is InChI=1S/C14H22BrN3/c1-17(14-4-2-3-12(15)11-14)13-5-8-18(9-6-13)10-7-16/h2-4,11,13H,5-10,16H2,1H3. The molecule has 2 rings (SSSR count). The molecule has 100 valence electrons. The lowest BCUT2D eigenvalue weighted by atomic mass is 10.0. The molecule has 0 aliphatic carbocycles. The second-order valence-corrected chi connectivity index (χ2v) is 5.87. The molecule has 1 aromatic rings. The number of likely N-dealkylation sites (tertiary alicyclic amines) is 1. The van der Waals surface area contributed by atoms with E-state index in [1.807, 2.05) is 0 Å². The maximum absolute atomic E-state index is 5.60. The van der Waals surface area contributed by atoms with Gasteiger partial charge in [0.05, 0.1) is 0 Å². The second kappa shape index (κ2) is 6.55. The number of anilines is 1. The minimum absolute atomic E-state index is 0.647. The summed E-state index contributed by atoms with van der Waals surface area (Å²) in [5.74, 6) is 0. The first-order valence-corrected chi connectivity index (χ1v) is 7.41. The lowest BCUT2D eigenvalue weighted by Gasteiger charge is -2.37.